The van der Waals surface area contributed by atoms with Gasteiger partial charge >= 0.3 is 0 Å². The first-order chi connectivity index (χ1) is 9.93. The normalized spacial score (nSPS) is 19.6. The highest BCUT2D eigenvalue weighted by Gasteiger charge is 2.34. The van der Waals surface area contributed by atoms with Crippen LogP contribution in [0.1, 0.15) is 38.7 Å². The smallest absolute Gasteiger partial charge is 0.242 e. The second-order valence-corrected chi connectivity index (χ2v) is 6.32. The van der Waals surface area contributed by atoms with E-state index in [9.17, 15) is 9.59 Å². The van der Waals surface area contributed by atoms with Gasteiger partial charge in [0.15, 0.2) is 0 Å². The molecule has 2 N–H and O–H groups in total. The number of nitrogens with one attached hydrogen (secondary N) is 2. The third-order valence-electron chi connectivity index (χ3n) is 3.96. The number of carbonyl (C=O) groups excluding carboxylic acids is 2. The molecular formula is C16H21ClN2O2. The van der Waals surface area contributed by atoms with Gasteiger partial charge in [-0.25, -0.2) is 0 Å². The molecule has 5 heteroatoms. The van der Waals surface area contributed by atoms with Crippen LogP contribution in [-0.4, -0.2) is 24.4 Å². The van der Waals surface area contributed by atoms with E-state index in [1.807, 2.05) is 32.0 Å². The molecule has 1 aliphatic rings. The van der Waals surface area contributed by atoms with Crippen LogP contribution < -0.4 is 10.6 Å². The molecule has 114 valence electrons. The zero-order valence-corrected chi connectivity index (χ0v) is 13.2. The number of hydrogen-bond acceptors (Lipinski definition) is 2. The maximum atomic E-state index is 12.6. The van der Waals surface area contributed by atoms with E-state index in [1.54, 1.807) is 6.07 Å². The topological polar surface area (TPSA) is 58.2 Å². The van der Waals surface area contributed by atoms with Crippen molar-refractivity contribution in [3.63, 3.8) is 0 Å². The zero-order chi connectivity index (χ0) is 15.5. The van der Waals surface area contributed by atoms with E-state index >= 15 is 0 Å². The van der Waals surface area contributed by atoms with E-state index in [2.05, 4.69) is 10.6 Å². The fourth-order valence-corrected chi connectivity index (χ4v) is 2.88. The van der Waals surface area contributed by atoms with Crippen LogP contribution in [0.2, 0.25) is 5.02 Å². The lowest BCUT2D eigenvalue weighted by molar-refractivity contribution is -0.131. The van der Waals surface area contributed by atoms with E-state index in [4.69, 9.17) is 11.6 Å². The van der Waals surface area contributed by atoms with Gasteiger partial charge in [-0.05, 0) is 44.7 Å². The molecule has 21 heavy (non-hydrogen) atoms. The zero-order valence-electron chi connectivity index (χ0n) is 12.4. The fraction of sp³-hybridized carbons (Fsp3) is 0.500. The van der Waals surface area contributed by atoms with E-state index in [1.165, 1.54) is 0 Å². The van der Waals surface area contributed by atoms with Crippen LogP contribution in [0.25, 0.3) is 0 Å². The largest absolute Gasteiger partial charge is 0.354 e. The van der Waals surface area contributed by atoms with Crippen LogP contribution in [-0.2, 0) is 15.0 Å². The fourth-order valence-electron chi connectivity index (χ4n) is 2.51. The van der Waals surface area contributed by atoms with Crippen LogP contribution >= 0.6 is 11.6 Å². The Balaban J connectivity index is 2.15. The van der Waals surface area contributed by atoms with Gasteiger partial charge in [-0.2, -0.15) is 0 Å². The average Bonchev–Trinajstić information content (AvgIpc) is 2.64. The summed E-state index contributed by atoms with van der Waals surface area (Å²) >= 11 is 6.19. The van der Waals surface area contributed by atoms with Gasteiger partial charge in [0.05, 0.1) is 5.41 Å². The van der Waals surface area contributed by atoms with Crippen LogP contribution in [0, 0.1) is 0 Å². The molecule has 0 radical (unpaired) electrons. The predicted molar refractivity (Wildman–Crippen MR) is 83.3 cm³/mol. The van der Waals surface area contributed by atoms with Crippen molar-refractivity contribution in [3.8, 4) is 0 Å². The van der Waals surface area contributed by atoms with E-state index in [0.29, 0.717) is 18.0 Å². The molecule has 1 heterocycles. The number of carbonyl (C=O) groups is 2. The maximum absolute atomic E-state index is 12.6. The third-order valence-corrected chi connectivity index (χ3v) is 4.29. The average molecular weight is 309 g/mol. The Morgan fingerprint density at radius 3 is 2.76 bits per heavy atom. The molecule has 2 amide bonds. The third kappa shape index (κ3) is 3.56. The predicted octanol–water partition coefficient (Wildman–Crippen LogP) is 2.40. The highest BCUT2D eigenvalue weighted by atomic mass is 35.5. The van der Waals surface area contributed by atoms with E-state index in [-0.39, 0.29) is 11.8 Å². The molecule has 2 rings (SSSR count). The minimum atomic E-state index is -0.787. The first kappa shape index (κ1) is 15.8. The minimum Gasteiger partial charge on any atom is -0.354 e. The van der Waals surface area contributed by atoms with Crippen molar-refractivity contribution in [3.05, 3.63) is 34.9 Å². The first-order valence-corrected chi connectivity index (χ1v) is 7.64. The molecule has 4 nitrogen and oxygen atoms in total. The van der Waals surface area contributed by atoms with Gasteiger partial charge in [0.25, 0.3) is 0 Å². The molecular weight excluding hydrogens is 288 g/mol. The summed E-state index contributed by atoms with van der Waals surface area (Å²) in [6, 6.07) is 6.84. The van der Waals surface area contributed by atoms with Crippen molar-refractivity contribution in [2.75, 3.05) is 6.54 Å². The van der Waals surface area contributed by atoms with E-state index < -0.39 is 11.5 Å². The van der Waals surface area contributed by atoms with Gasteiger partial charge in [0.1, 0.15) is 6.04 Å². The monoisotopic (exact) mass is 308 g/mol. The number of halogens is 1. The van der Waals surface area contributed by atoms with Crippen LogP contribution in [0.4, 0.5) is 0 Å². The Hall–Kier alpha value is -1.55. The molecule has 0 aromatic heterocycles. The summed E-state index contributed by atoms with van der Waals surface area (Å²) in [5.41, 5.74) is -0.0246. The summed E-state index contributed by atoms with van der Waals surface area (Å²) in [5, 5.41) is 6.25. The van der Waals surface area contributed by atoms with Gasteiger partial charge in [-0.3, -0.25) is 9.59 Å². The van der Waals surface area contributed by atoms with Gasteiger partial charge in [0.2, 0.25) is 11.8 Å². The molecule has 1 saturated heterocycles. The summed E-state index contributed by atoms with van der Waals surface area (Å²) in [6.45, 7) is 4.31. The first-order valence-electron chi connectivity index (χ1n) is 7.26. The second-order valence-electron chi connectivity index (χ2n) is 5.92. The summed E-state index contributed by atoms with van der Waals surface area (Å²) in [4.78, 5) is 24.5. The highest BCUT2D eigenvalue weighted by Crippen LogP contribution is 2.30. The molecule has 0 bridgehead atoms. The standard InChI is InChI=1S/C16H21ClN2O2/c1-16(2,11-7-3-4-8-12(11)17)15(21)19-13-9-5-6-10-18-14(13)20/h3-4,7-8,13H,5-6,9-10H2,1-2H3,(H,18,20)(H,19,21). The molecule has 1 aliphatic heterocycles. The summed E-state index contributed by atoms with van der Waals surface area (Å²) < 4.78 is 0. The van der Waals surface area contributed by atoms with Crippen molar-refractivity contribution in [1.82, 2.24) is 10.6 Å². The maximum Gasteiger partial charge on any atom is 0.242 e. The molecule has 1 aromatic carbocycles. The lowest BCUT2D eigenvalue weighted by atomic mass is 9.83. The Labute approximate surface area is 130 Å². The Morgan fingerprint density at radius 2 is 2.05 bits per heavy atom. The van der Waals surface area contributed by atoms with Gasteiger partial charge in [-0.1, -0.05) is 29.8 Å². The number of benzene rings is 1. The van der Waals surface area contributed by atoms with Gasteiger partial charge in [-0.15, -0.1) is 0 Å². The van der Waals surface area contributed by atoms with Crippen LogP contribution in [0.15, 0.2) is 24.3 Å². The number of amides is 2. The van der Waals surface area contributed by atoms with Crippen molar-refractivity contribution in [2.24, 2.45) is 0 Å². The SMILES string of the molecule is CC(C)(C(=O)NC1CCCCNC1=O)c1ccccc1Cl. The minimum absolute atomic E-state index is 0.101. The van der Waals surface area contributed by atoms with Crippen molar-refractivity contribution in [2.45, 2.75) is 44.6 Å². The lowest BCUT2D eigenvalue weighted by Gasteiger charge is -2.27. The van der Waals surface area contributed by atoms with Crippen molar-refractivity contribution >= 4 is 23.4 Å². The lowest BCUT2D eigenvalue weighted by Crippen LogP contribution is -2.50. The number of hydrogen-bond donors (Lipinski definition) is 2. The second kappa shape index (κ2) is 6.48. The van der Waals surface area contributed by atoms with E-state index in [0.717, 1.165) is 18.4 Å². The summed E-state index contributed by atoms with van der Waals surface area (Å²) in [7, 11) is 0. The summed E-state index contributed by atoms with van der Waals surface area (Å²) in [5.74, 6) is -0.284. The highest BCUT2D eigenvalue weighted by molar-refractivity contribution is 6.31. The van der Waals surface area contributed by atoms with Crippen LogP contribution in [0.3, 0.4) is 0 Å². The Bertz CT molecular complexity index is 543. The molecule has 1 atom stereocenters. The quantitative estimate of drug-likeness (QED) is 0.901. The Morgan fingerprint density at radius 1 is 1.33 bits per heavy atom. The van der Waals surface area contributed by atoms with Gasteiger partial charge in [0, 0.05) is 11.6 Å². The molecule has 0 aliphatic carbocycles. The molecule has 1 fully saturated rings. The van der Waals surface area contributed by atoms with Gasteiger partial charge < -0.3 is 10.6 Å². The van der Waals surface area contributed by atoms with Crippen LogP contribution in [0.5, 0.6) is 0 Å². The van der Waals surface area contributed by atoms with Crippen molar-refractivity contribution in [1.29, 1.82) is 0 Å². The number of rotatable bonds is 3. The molecule has 1 aromatic rings. The Kier molecular flexibility index (Phi) is 4.88. The summed E-state index contributed by atoms with van der Waals surface area (Å²) in [6.07, 6.45) is 2.55. The molecule has 1 unspecified atom stereocenters. The molecule has 0 spiro atoms. The van der Waals surface area contributed by atoms with Crippen molar-refractivity contribution < 1.29 is 9.59 Å². The molecule has 0 saturated carbocycles.